The summed E-state index contributed by atoms with van der Waals surface area (Å²) in [6, 6.07) is 3.12. The van der Waals surface area contributed by atoms with E-state index in [1.54, 1.807) is 40.1 Å². The molecule has 132 valence electrons. The Balaban J connectivity index is 2.44. The van der Waals surface area contributed by atoms with Crippen LogP contribution in [0.1, 0.15) is 42.9 Å². The van der Waals surface area contributed by atoms with Crippen molar-refractivity contribution in [1.82, 2.24) is 9.88 Å². The first-order chi connectivity index (χ1) is 11.9. The van der Waals surface area contributed by atoms with Crippen LogP contribution in [-0.4, -0.2) is 48.4 Å². The molecule has 2 amide bonds. The van der Waals surface area contributed by atoms with Gasteiger partial charge in [0.15, 0.2) is 0 Å². The lowest BCUT2D eigenvalue weighted by atomic mass is 10.1. The number of rotatable bonds is 5. The number of amides is 2. The van der Waals surface area contributed by atoms with Crippen molar-refractivity contribution in [1.29, 1.82) is 0 Å². The number of thiophene rings is 1. The van der Waals surface area contributed by atoms with Crippen LogP contribution in [0.15, 0.2) is 24.5 Å². The average Bonchev–Trinajstić information content (AvgIpc) is 2.91. The van der Waals surface area contributed by atoms with Gasteiger partial charge in [0.05, 0.1) is 17.0 Å². The van der Waals surface area contributed by atoms with Gasteiger partial charge in [-0.25, -0.2) is 4.79 Å². The van der Waals surface area contributed by atoms with Crippen LogP contribution in [0, 0.1) is 6.92 Å². The Labute approximate surface area is 149 Å². The molecule has 0 saturated carbocycles. The van der Waals surface area contributed by atoms with Gasteiger partial charge in [-0.15, -0.1) is 11.3 Å². The standard InChI is InChI=1S/C17H19N3O4S/c1-5-24-17(23)12-10(2)13(16(22)20(3)4)25-15(12)19-14(21)11-6-8-18-9-7-11/h6-9H,5H2,1-4H3,(H,19,21). The minimum absolute atomic E-state index is 0.197. The molecule has 0 radical (unpaired) electrons. The summed E-state index contributed by atoms with van der Waals surface area (Å²) >= 11 is 1.06. The number of pyridine rings is 1. The summed E-state index contributed by atoms with van der Waals surface area (Å²) in [5.41, 5.74) is 1.10. The van der Waals surface area contributed by atoms with Crippen LogP contribution >= 0.6 is 11.3 Å². The van der Waals surface area contributed by atoms with E-state index >= 15 is 0 Å². The molecule has 0 unspecified atom stereocenters. The number of hydrogen-bond donors (Lipinski definition) is 1. The molecule has 0 aliphatic rings. The summed E-state index contributed by atoms with van der Waals surface area (Å²) in [5, 5.41) is 3.00. The summed E-state index contributed by atoms with van der Waals surface area (Å²) in [4.78, 5) is 42.7. The molecule has 2 aromatic rings. The number of anilines is 1. The molecule has 0 fully saturated rings. The van der Waals surface area contributed by atoms with E-state index in [-0.39, 0.29) is 18.1 Å². The quantitative estimate of drug-likeness (QED) is 0.827. The van der Waals surface area contributed by atoms with E-state index in [0.29, 0.717) is 21.0 Å². The molecule has 0 aromatic carbocycles. The Bertz CT molecular complexity index is 800. The normalized spacial score (nSPS) is 10.2. The van der Waals surface area contributed by atoms with Crippen molar-refractivity contribution in [2.24, 2.45) is 0 Å². The maximum atomic E-state index is 12.4. The largest absolute Gasteiger partial charge is 0.462 e. The molecule has 0 saturated heterocycles. The lowest BCUT2D eigenvalue weighted by Gasteiger charge is -2.09. The smallest absolute Gasteiger partial charge is 0.341 e. The molecule has 8 heteroatoms. The zero-order chi connectivity index (χ0) is 18.6. The number of hydrogen-bond acceptors (Lipinski definition) is 6. The fraction of sp³-hybridized carbons (Fsp3) is 0.294. The summed E-state index contributed by atoms with van der Waals surface area (Å²) in [6.45, 7) is 3.56. The molecule has 0 atom stereocenters. The maximum absolute atomic E-state index is 12.4. The van der Waals surface area contributed by atoms with Crippen LogP contribution < -0.4 is 5.32 Å². The van der Waals surface area contributed by atoms with Crippen LogP contribution in [0.5, 0.6) is 0 Å². The summed E-state index contributed by atoms with van der Waals surface area (Å²) in [5.74, 6) is -1.20. The van der Waals surface area contributed by atoms with Crippen molar-refractivity contribution >= 4 is 34.1 Å². The van der Waals surface area contributed by atoms with Gasteiger partial charge in [0.25, 0.3) is 11.8 Å². The molecule has 2 aromatic heterocycles. The van der Waals surface area contributed by atoms with Gasteiger partial charge in [0.1, 0.15) is 5.00 Å². The molecule has 25 heavy (non-hydrogen) atoms. The van der Waals surface area contributed by atoms with Crippen LogP contribution in [0.2, 0.25) is 0 Å². The lowest BCUT2D eigenvalue weighted by molar-refractivity contribution is 0.0527. The monoisotopic (exact) mass is 361 g/mol. The van der Waals surface area contributed by atoms with Gasteiger partial charge in [0, 0.05) is 32.1 Å². The van der Waals surface area contributed by atoms with Gasteiger partial charge < -0.3 is 15.0 Å². The fourth-order valence-corrected chi connectivity index (χ4v) is 3.35. The van der Waals surface area contributed by atoms with E-state index in [9.17, 15) is 14.4 Å². The molecular formula is C17H19N3O4S. The Morgan fingerprint density at radius 1 is 1.24 bits per heavy atom. The van der Waals surface area contributed by atoms with E-state index in [2.05, 4.69) is 10.3 Å². The van der Waals surface area contributed by atoms with E-state index in [0.717, 1.165) is 11.3 Å². The number of carbonyl (C=O) groups is 3. The zero-order valence-corrected chi connectivity index (χ0v) is 15.3. The van der Waals surface area contributed by atoms with Crippen molar-refractivity contribution in [3.63, 3.8) is 0 Å². The third-order valence-corrected chi connectivity index (χ3v) is 4.59. The molecule has 0 aliphatic carbocycles. The molecule has 7 nitrogen and oxygen atoms in total. The van der Waals surface area contributed by atoms with Crippen molar-refractivity contribution in [2.75, 3.05) is 26.0 Å². The molecule has 2 heterocycles. The summed E-state index contributed by atoms with van der Waals surface area (Å²) in [7, 11) is 3.25. The van der Waals surface area contributed by atoms with Gasteiger partial charge in [-0.3, -0.25) is 14.6 Å². The number of nitrogens with one attached hydrogen (secondary N) is 1. The van der Waals surface area contributed by atoms with Crippen molar-refractivity contribution in [3.05, 3.63) is 46.1 Å². The maximum Gasteiger partial charge on any atom is 0.341 e. The molecule has 0 spiro atoms. The first-order valence-corrected chi connectivity index (χ1v) is 8.42. The predicted octanol–water partition coefficient (Wildman–Crippen LogP) is 2.58. The second-order valence-corrected chi connectivity index (χ2v) is 6.39. The zero-order valence-electron chi connectivity index (χ0n) is 14.5. The minimum atomic E-state index is -0.570. The highest BCUT2D eigenvalue weighted by Crippen LogP contribution is 2.34. The lowest BCUT2D eigenvalue weighted by Crippen LogP contribution is -2.21. The van der Waals surface area contributed by atoms with Crippen molar-refractivity contribution in [2.45, 2.75) is 13.8 Å². The van der Waals surface area contributed by atoms with Crippen LogP contribution in [0.25, 0.3) is 0 Å². The summed E-state index contributed by atoms with van der Waals surface area (Å²) in [6.07, 6.45) is 3.00. The van der Waals surface area contributed by atoms with Crippen LogP contribution in [-0.2, 0) is 4.74 Å². The third kappa shape index (κ3) is 4.03. The Morgan fingerprint density at radius 3 is 2.44 bits per heavy atom. The minimum Gasteiger partial charge on any atom is -0.462 e. The Morgan fingerprint density at radius 2 is 1.88 bits per heavy atom. The van der Waals surface area contributed by atoms with Crippen molar-refractivity contribution < 1.29 is 19.1 Å². The topological polar surface area (TPSA) is 88.6 Å². The number of aromatic nitrogens is 1. The highest BCUT2D eigenvalue weighted by atomic mass is 32.1. The Kier molecular flexibility index (Phi) is 5.87. The number of ether oxygens (including phenoxy) is 1. The fourth-order valence-electron chi connectivity index (χ4n) is 2.14. The highest BCUT2D eigenvalue weighted by Gasteiger charge is 2.27. The highest BCUT2D eigenvalue weighted by molar-refractivity contribution is 7.18. The molecule has 2 rings (SSSR count). The molecule has 1 N–H and O–H groups in total. The third-order valence-electron chi connectivity index (χ3n) is 3.40. The van der Waals surface area contributed by atoms with E-state index in [1.807, 2.05) is 0 Å². The Hall–Kier alpha value is -2.74. The predicted molar refractivity (Wildman–Crippen MR) is 95.2 cm³/mol. The van der Waals surface area contributed by atoms with Gasteiger partial charge in [-0.2, -0.15) is 0 Å². The average molecular weight is 361 g/mol. The van der Waals surface area contributed by atoms with E-state index in [4.69, 9.17) is 4.74 Å². The van der Waals surface area contributed by atoms with E-state index < -0.39 is 11.9 Å². The van der Waals surface area contributed by atoms with Gasteiger partial charge in [-0.05, 0) is 31.5 Å². The molecule has 0 bridgehead atoms. The number of esters is 1. The van der Waals surface area contributed by atoms with E-state index in [1.165, 1.54) is 17.3 Å². The van der Waals surface area contributed by atoms with Gasteiger partial charge in [0.2, 0.25) is 0 Å². The number of nitrogens with zero attached hydrogens (tertiary/aromatic N) is 2. The SMILES string of the molecule is CCOC(=O)c1c(NC(=O)c2ccncc2)sc(C(=O)N(C)C)c1C. The second kappa shape index (κ2) is 7.89. The van der Waals surface area contributed by atoms with Gasteiger partial charge in [-0.1, -0.05) is 0 Å². The van der Waals surface area contributed by atoms with Crippen LogP contribution in [0.3, 0.4) is 0 Å². The summed E-state index contributed by atoms with van der Waals surface area (Å²) < 4.78 is 5.07. The molecular weight excluding hydrogens is 342 g/mol. The molecule has 0 aliphatic heterocycles. The first-order valence-electron chi connectivity index (χ1n) is 7.60. The van der Waals surface area contributed by atoms with Crippen molar-refractivity contribution in [3.8, 4) is 0 Å². The van der Waals surface area contributed by atoms with Crippen LogP contribution in [0.4, 0.5) is 5.00 Å². The van der Waals surface area contributed by atoms with Gasteiger partial charge >= 0.3 is 5.97 Å². The second-order valence-electron chi connectivity index (χ2n) is 5.37. The first kappa shape index (κ1) is 18.6. The number of carbonyl (C=O) groups excluding carboxylic acids is 3.